The second-order valence-corrected chi connectivity index (χ2v) is 8.95. The van der Waals surface area contributed by atoms with Gasteiger partial charge in [-0.05, 0) is 24.3 Å². The number of nitrogens with zero attached hydrogens (tertiary/aromatic N) is 5. The Labute approximate surface area is 160 Å². The van der Waals surface area contributed by atoms with Gasteiger partial charge in [-0.15, -0.1) is 11.8 Å². The summed E-state index contributed by atoms with van der Waals surface area (Å²) in [5.41, 5.74) is 6.90. The van der Waals surface area contributed by atoms with Crippen molar-refractivity contribution in [3.05, 3.63) is 36.8 Å². The zero-order chi connectivity index (χ0) is 19.0. The Morgan fingerprint density at radius 2 is 2.07 bits per heavy atom. The van der Waals surface area contributed by atoms with Crippen LogP contribution < -0.4 is 10.5 Å². The van der Waals surface area contributed by atoms with Crippen molar-refractivity contribution >= 4 is 38.9 Å². The highest BCUT2D eigenvalue weighted by atomic mass is 32.2. The van der Waals surface area contributed by atoms with E-state index in [-0.39, 0.29) is 16.9 Å². The van der Waals surface area contributed by atoms with E-state index in [0.717, 1.165) is 0 Å². The predicted octanol–water partition coefficient (Wildman–Crippen LogP) is 1.18. The van der Waals surface area contributed by atoms with E-state index in [1.807, 2.05) is 4.57 Å². The zero-order valence-electron chi connectivity index (χ0n) is 14.5. The molecule has 2 N–H and O–H groups in total. The molecule has 1 aliphatic rings. The second kappa shape index (κ2) is 6.98. The van der Waals surface area contributed by atoms with Crippen LogP contribution in [0.5, 0.6) is 5.75 Å². The number of rotatable bonds is 5. The van der Waals surface area contributed by atoms with Gasteiger partial charge in [0.25, 0.3) is 0 Å². The lowest BCUT2D eigenvalue weighted by atomic mass is 10.3. The van der Waals surface area contributed by atoms with Crippen LogP contribution in [0.15, 0.2) is 41.7 Å². The van der Waals surface area contributed by atoms with Gasteiger partial charge in [0.2, 0.25) is 16.0 Å². The third kappa shape index (κ3) is 3.33. The fraction of sp³-hybridized carbons (Fsp3) is 0.312. The number of thioether (sulfide) groups is 1. The molecule has 1 fully saturated rings. The molecule has 27 heavy (non-hydrogen) atoms. The van der Waals surface area contributed by atoms with Gasteiger partial charge in [0.1, 0.15) is 11.3 Å². The molecular formula is C16H18N6O3S2. The van der Waals surface area contributed by atoms with Crippen molar-refractivity contribution in [3.8, 4) is 5.75 Å². The number of nitrogen functional groups attached to an aromatic ring is 1. The van der Waals surface area contributed by atoms with Crippen LogP contribution in [0.3, 0.4) is 0 Å². The summed E-state index contributed by atoms with van der Waals surface area (Å²) in [6, 6.07) is 6.21. The molecule has 142 valence electrons. The summed E-state index contributed by atoms with van der Waals surface area (Å²) in [4.78, 5) is 12.7. The zero-order valence-corrected chi connectivity index (χ0v) is 16.2. The fourth-order valence-electron chi connectivity index (χ4n) is 2.99. The minimum atomic E-state index is -3.61. The molecule has 1 aromatic carbocycles. The number of aromatic nitrogens is 4. The number of ether oxygens (including phenoxy) is 1. The van der Waals surface area contributed by atoms with Crippen LogP contribution in [0, 0.1) is 0 Å². The van der Waals surface area contributed by atoms with Crippen molar-refractivity contribution in [3.63, 3.8) is 0 Å². The molecule has 1 saturated heterocycles. The molecule has 0 aliphatic carbocycles. The minimum Gasteiger partial charge on any atom is -0.497 e. The van der Waals surface area contributed by atoms with Gasteiger partial charge < -0.3 is 15.0 Å². The van der Waals surface area contributed by atoms with Crippen LogP contribution in [0.1, 0.15) is 0 Å². The summed E-state index contributed by atoms with van der Waals surface area (Å²) in [7, 11) is -2.07. The van der Waals surface area contributed by atoms with Crippen LogP contribution >= 0.6 is 11.8 Å². The molecule has 0 bridgehead atoms. The maximum absolute atomic E-state index is 13.1. The van der Waals surface area contributed by atoms with E-state index in [9.17, 15) is 8.42 Å². The van der Waals surface area contributed by atoms with E-state index < -0.39 is 10.0 Å². The van der Waals surface area contributed by atoms with E-state index in [1.54, 1.807) is 55.7 Å². The number of sulfonamides is 1. The first-order chi connectivity index (χ1) is 13.0. The van der Waals surface area contributed by atoms with E-state index in [0.29, 0.717) is 35.1 Å². The summed E-state index contributed by atoms with van der Waals surface area (Å²) < 4.78 is 34.6. The van der Waals surface area contributed by atoms with Crippen molar-refractivity contribution in [1.82, 2.24) is 23.8 Å². The predicted molar refractivity (Wildman–Crippen MR) is 103 cm³/mol. The van der Waals surface area contributed by atoms with Gasteiger partial charge in [-0.2, -0.15) is 9.29 Å². The Morgan fingerprint density at radius 1 is 1.30 bits per heavy atom. The van der Waals surface area contributed by atoms with Crippen molar-refractivity contribution in [2.75, 3.05) is 24.5 Å². The summed E-state index contributed by atoms with van der Waals surface area (Å²) in [5.74, 6) is 1.87. The number of hydrogen-bond donors (Lipinski definition) is 1. The smallest absolute Gasteiger partial charge is 0.244 e. The molecule has 9 nitrogen and oxygen atoms in total. The number of methoxy groups -OCH3 is 1. The molecular weight excluding hydrogens is 388 g/mol. The van der Waals surface area contributed by atoms with Gasteiger partial charge in [-0.1, -0.05) is 0 Å². The third-order valence-corrected chi connectivity index (χ3v) is 7.54. The van der Waals surface area contributed by atoms with Gasteiger partial charge in [-0.25, -0.2) is 18.4 Å². The Kier molecular flexibility index (Phi) is 4.66. The largest absolute Gasteiger partial charge is 0.497 e. The monoisotopic (exact) mass is 406 g/mol. The van der Waals surface area contributed by atoms with Gasteiger partial charge in [0, 0.05) is 12.3 Å². The van der Waals surface area contributed by atoms with Crippen LogP contribution in [0.25, 0.3) is 11.2 Å². The molecule has 11 heteroatoms. The van der Waals surface area contributed by atoms with Crippen molar-refractivity contribution in [2.24, 2.45) is 0 Å². The lowest BCUT2D eigenvalue weighted by Crippen LogP contribution is -2.39. The van der Waals surface area contributed by atoms with Crippen LogP contribution in [-0.4, -0.2) is 57.0 Å². The highest BCUT2D eigenvalue weighted by Crippen LogP contribution is 2.30. The molecule has 2 aromatic heterocycles. The van der Waals surface area contributed by atoms with E-state index in [4.69, 9.17) is 10.5 Å². The first-order valence-electron chi connectivity index (χ1n) is 8.16. The second-order valence-electron chi connectivity index (χ2n) is 6.06. The number of fused-ring (bicyclic) bond motifs is 1. The molecule has 0 saturated carbocycles. The minimum absolute atomic E-state index is 0.160. The number of nitrogens with two attached hydrogens (primary N) is 1. The first kappa shape index (κ1) is 18.0. The van der Waals surface area contributed by atoms with E-state index in [2.05, 4.69) is 15.0 Å². The van der Waals surface area contributed by atoms with Gasteiger partial charge >= 0.3 is 0 Å². The average molecular weight is 406 g/mol. The molecule has 3 heterocycles. The Bertz CT molecular complexity index is 1070. The molecule has 1 aliphatic heterocycles. The van der Waals surface area contributed by atoms with Gasteiger partial charge in [0.05, 0.1) is 36.4 Å². The van der Waals surface area contributed by atoms with Crippen LogP contribution in [0.4, 0.5) is 5.95 Å². The molecule has 0 radical (unpaired) electrons. The summed E-state index contributed by atoms with van der Waals surface area (Å²) in [5, 5.41) is 0. The van der Waals surface area contributed by atoms with Crippen molar-refractivity contribution < 1.29 is 13.2 Å². The molecule has 4 rings (SSSR count). The Hall–Kier alpha value is -2.37. The summed E-state index contributed by atoms with van der Waals surface area (Å²) in [6.45, 7) is 0.440. The van der Waals surface area contributed by atoms with Gasteiger partial charge in [-0.3, -0.25) is 0 Å². The maximum Gasteiger partial charge on any atom is 0.244 e. The van der Waals surface area contributed by atoms with E-state index in [1.165, 1.54) is 4.31 Å². The standard InChI is InChI=1S/C16H18N6O3S2/c1-25-12-2-4-13(5-3-12)27(23,24)22-10-26-8-11(22)7-21-9-19-14-6-18-16(17)20-15(14)21/h2-6,9,11H,7-8,10H2,1H3,(H2,17,18,20)/t11-/m0/s1. The topological polar surface area (TPSA) is 116 Å². The van der Waals surface area contributed by atoms with E-state index >= 15 is 0 Å². The number of anilines is 1. The molecule has 0 amide bonds. The molecule has 0 spiro atoms. The number of imidazole rings is 1. The van der Waals surface area contributed by atoms with Crippen LogP contribution in [-0.2, 0) is 16.6 Å². The Balaban J connectivity index is 1.62. The lowest BCUT2D eigenvalue weighted by Gasteiger charge is -2.23. The first-order valence-corrected chi connectivity index (χ1v) is 10.8. The van der Waals surface area contributed by atoms with Crippen molar-refractivity contribution in [1.29, 1.82) is 0 Å². The van der Waals surface area contributed by atoms with Gasteiger partial charge in [0.15, 0.2) is 5.65 Å². The fourth-order valence-corrected chi connectivity index (χ4v) is 6.20. The highest BCUT2D eigenvalue weighted by molar-refractivity contribution is 8.00. The highest BCUT2D eigenvalue weighted by Gasteiger charge is 2.36. The molecule has 1 atom stereocenters. The normalized spacial score (nSPS) is 18.2. The maximum atomic E-state index is 13.1. The van der Waals surface area contributed by atoms with Crippen LogP contribution in [0.2, 0.25) is 0 Å². The Morgan fingerprint density at radius 3 is 2.81 bits per heavy atom. The lowest BCUT2D eigenvalue weighted by molar-refractivity contribution is 0.365. The molecule has 0 unspecified atom stereocenters. The summed E-state index contributed by atoms with van der Waals surface area (Å²) >= 11 is 1.58. The average Bonchev–Trinajstić information content (AvgIpc) is 3.30. The number of benzene rings is 1. The molecule has 3 aromatic rings. The third-order valence-electron chi connectivity index (χ3n) is 4.39. The van der Waals surface area contributed by atoms with Crippen molar-refractivity contribution in [2.45, 2.75) is 17.5 Å². The SMILES string of the molecule is COc1ccc(S(=O)(=O)N2CSC[C@@H]2Cn2cnc3cnc(N)nc32)cc1. The quantitative estimate of drug-likeness (QED) is 0.671. The number of hydrogen-bond acceptors (Lipinski definition) is 8. The summed E-state index contributed by atoms with van der Waals surface area (Å²) in [6.07, 6.45) is 3.20.